The molecule has 0 fully saturated rings. The molecule has 2 aromatic rings. The molecule has 24 heavy (non-hydrogen) atoms. The van der Waals surface area contributed by atoms with Crippen LogP contribution in [0.3, 0.4) is 0 Å². The summed E-state index contributed by atoms with van der Waals surface area (Å²) in [7, 11) is 3.02. The van der Waals surface area contributed by atoms with E-state index in [2.05, 4.69) is 10.5 Å². The second kappa shape index (κ2) is 8.52. The molecular formula is C17H17FN2O4. The van der Waals surface area contributed by atoms with E-state index < -0.39 is 5.91 Å². The fourth-order valence-corrected chi connectivity index (χ4v) is 1.88. The molecule has 0 saturated heterocycles. The van der Waals surface area contributed by atoms with Crippen LogP contribution in [0.5, 0.6) is 11.5 Å². The van der Waals surface area contributed by atoms with Crippen molar-refractivity contribution < 1.29 is 23.5 Å². The van der Waals surface area contributed by atoms with Gasteiger partial charge in [-0.1, -0.05) is 17.3 Å². The monoisotopic (exact) mass is 332 g/mol. The lowest BCUT2D eigenvalue weighted by atomic mass is 10.2. The molecule has 0 aliphatic carbocycles. The van der Waals surface area contributed by atoms with Crippen LogP contribution >= 0.6 is 0 Å². The molecule has 0 atom stereocenters. The van der Waals surface area contributed by atoms with Crippen LogP contribution < -0.4 is 14.8 Å². The summed E-state index contributed by atoms with van der Waals surface area (Å²) >= 11 is 0. The summed E-state index contributed by atoms with van der Waals surface area (Å²) in [6.07, 6.45) is 1.32. The maximum absolute atomic E-state index is 13.0. The van der Waals surface area contributed by atoms with E-state index in [9.17, 15) is 9.18 Å². The summed E-state index contributed by atoms with van der Waals surface area (Å²) < 4.78 is 23.3. The van der Waals surface area contributed by atoms with Crippen LogP contribution in [0, 0.1) is 5.82 Å². The number of nitrogens with zero attached hydrogens (tertiary/aromatic N) is 1. The normalized spacial score (nSPS) is 10.5. The average molecular weight is 332 g/mol. The van der Waals surface area contributed by atoms with Crippen molar-refractivity contribution in [3.8, 4) is 11.5 Å². The average Bonchev–Trinajstić information content (AvgIpc) is 2.58. The van der Waals surface area contributed by atoms with Crippen LogP contribution in [0.15, 0.2) is 47.6 Å². The Kier molecular flexibility index (Phi) is 6.13. The van der Waals surface area contributed by atoms with Crippen LogP contribution in [0.4, 0.5) is 10.1 Å². The predicted molar refractivity (Wildman–Crippen MR) is 88.1 cm³/mol. The molecule has 1 amide bonds. The van der Waals surface area contributed by atoms with Gasteiger partial charge in [0.25, 0.3) is 5.91 Å². The first kappa shape index (κ1) is 17.3. The minimum absolute atomic E-state index is 0.299. The second-order valence-electron chi connectivity index (χ2n) is 4.68. The van der Waals surface area contributed by atoms with Gasteiger partial charge in [-0.05, 0) is 29.8 Å². The quantitative estimate of drug-likeness (QED) is 0.625. The molecule has 0 bridgehead atoms. The number of carbonyl (C=O) groups excluding carboxylic acids is 1. The minimum Gasteiger partial charge on any atom is -0.497 e. The first-order valence-corrected chi connectivity index (χ1v) is 7.05. The molecule has 126 valence electrons. The highest BCUT2D eigenvalue weighted by atomic mass is 19.1. The van der Waals surface area contributed by atoms with Gasteiger partial charge in [-0.15, -0.1) is 0 Å². The number of halogens is 1. The lowest BCUT2D eigenvalue weighted by molar-refractivity contribution is -0.120. The lowest BCUT2D eigenvalue weighted by Crippen LogP contribution is -2.17. The topological polar surface area (TPSA) is 69.2 Å². The molecule has 2 aromatic carbocycles. The van der Waals surface area contributed by atoms with E-state index in [4.69, 9.17) is 14.3 Å². The number of methoxy groups -OCH3 is 2. The van der Waals surface area contributed by atoms with Gasteiger partial charge in [-0.2, -0.15) is 0 Å². The van der Waals surface area contributed by atoms with E-state index in [0.29, 0.717) is 22.7 Å². The zero-order chi connectivity index (χ0) is 17.4. The van der Waals surface area contributed by atoms with Crippen LogP contribution in [0.25, 0.3) is 0 Å². The summed E-state index contributed by atoms with van der Waals surface area (Å²) in [6.45, 7) is -0.299. The van der Waals surface area contributed by atoms with Crippen LogP contribution in [0.1, 0.15) is 5.56 Å². The largest absolute Gasteiger partial charge is 0.497 e. The molecule has 0 spiro atoms. The van der Waals surface area contributed by atoms with E-state index >= 15 is 0 Å². The van der Waals surface area contributed by atoms with Gasteiger partial charge in [0.15, 0.2) is 6.61 Å². The summed E-state index contributed by atoms with van der Waals surface area (Å²) in [5.41, 5.74) is 0.990. The summed E-state index contributed by atoms with van der Waals surface area (Å²) in [5.74, 6) is 0.281. The highest BCUT2D eigenvalue weighted by Crippen LogP contribution is 2.28. The Hall–Kier alpha value is -3.09. The Morgan fingerprint density at radius 1 is 1.21 bits per heavy atom. The molecular weight excluding hydrogens is 315 g/mol. The van der Waals surface area contributed by atoms with Gasteiger partial charge in [-0.3, -0.25) is 4.79 Å². The summed E-state index contributed by atoms with van der Waals surface area (Å²) in [5, 5.41) is 6.27. The molecule has 7 heteroatoms. The van der Waals surface area contributed by atoms with Crippen molar-refractivity contribution in [2.45, 2.75) is 0 Å². The van der Waals surface area contributed by atoms with E-state index in [1.807, 2.05) is 0 Å². The van der Waals surface area contributed by atoms with Crippen molar-refractivity contribution in [3.63, 3.8) is 0 Å². The zero-order valence-electron chi connectivity index (χ0n) is 13.3. The third kappa shape index (κ3) is 4.98. The molecule has 0 heterocycles. The van der Waals surface area contributed by atoms with E-state index in [1.165, 1.54) is 32.6 Å². The fourth-order valence-electron chi connectivity index (χ4n) is 1.88. The number of benzene rings is 2. The van der Waals surface area contributed by atoms with Gasteiger partial charge in [0.2, 0.25) is 0 Å². The van der Waals surface area contributed by atoms with Crippen molar-refractivity contribution in [2.24, 2.45) is 5.16 Å². The van der Waals surface area contributed by atoms with Gasteiger partial charge in [-0.25, -0.2) is 4.39 Å². The molecule has 0 unspecified atom stereocenters. The molecule has 6 nitrogen and oxygen atoms in total. The number of hydrogen-bond acceptors (Lipinski definition) is 5. The summed E-state index contributed by atoms with van der Waals surface area (Å²) in [4.78, 5) is 16.8. The molecule has 0 aromatic heterocycles. The number of carbonyl (C=O) groups is 1. The number of anilines is 1. The summed E-state index contributed by atoms with van der Waals surface area (Å²) in [6, 6.07) is 10.9. The third-order valence-corrected chi connectivity index (χ3v) is 3.00. The smallest absolute Gasteiger partial charge is 0.265 e. The van der Waals surface area contributed by atoms with Gasteiger partial charge < -0.3 is 19.6 Å². The van der Waals surface area contributed by atoms with Crippen LogP contribution in [0.2, 0.25) is 0 Å². The van der Waals surface area contributed by atoms with Gasteiger partial charge in [0.05, 0.1) is 26.1 Å². The van der Waals surface area contributed by atoms with Crippen molar-refractivity contribution in [1.82, 2.24) is 0 Å². The lowest BCUT2D eigenvalue weighted by Gasteiger charge is -2.11. The predicted octanol–water partition coefficient (Wildman–Crippen LogP) is 2.83. The molecule has 0 aliphatic rings. The number of amides is 1. The van der Waals surface area contributed by atoms with Crippen LogP contribution in [-0.4, -0.2) is 32.9 Å². The number of rotatable bonds is 7. The number of oxime groups is 1. The SMILES string of the molecule is COc1ccc(OC)c(NC(=O)CO/N=C\c2cccc(F)c2)c1. The van der Waals surface area contributed by atoms with Gasteiger partial charge >= 0.3 is 0 Å². The third-order valence-electron chi connectivity index (χ3n) is 3.00. The molecule has 1 N–H and O–H groups in total. The minimum atomic E-state index is -0.419. The Labute approximate surface area is 138 Å². The Morgan fingerprint density at radius 3 is 2.75 bits per heavy atom. The second-order valence-corrected chi connectivity index (χ2v) is 4.68. The molecule has 0 aliphatic heterocycles. The molecule has 0 saturated carbocycles. The first-order valence-electron chi connectivity index (χ1n) is 7.05. The highest BCUT2D eigenvalue weighted by molar-refractivity contribution is 5.93. The number of hydrogen-bond donors (Lipinski definition) is 1. The van der Waals surface area contributed by atoms with Crippen molar-refractivity contribution >= 4 is 17.8 Å². The van der Waals surface area contributed by atoms with E-state index in [1.54, 1.807) is 30.3 Å². The molecule has 2 rings (SSSR count). The highest BCUT2D eigenvalue weighted by Gasteiger charge is 2.09. The maximum Gasteiger partial charge on any atom is 0.265 e. The number of nitrogens with one attached hydrogen (secondary N) is 1. The first-order chi connectivity index (χ1) is 11.6. The van der Waals surface area contributed by atoms with E-state index in [0.717, 1.165) is 0 Å². The van der Waals surface area contributed by atoms with Crippen molar-refractivity contribution in [2.75, 3.05) is 26.1 Å². The van der Waals surface area contributed by atoms with Crippen LogP contribution in [-0.2, 0) is 9.63 Å². The Balaban J connectivity index is 1.89. The standard InChI is InChI=1S/C17H17FN2O4/c1-22-14-6-7-16(23-2)15(9-14)20-17(21)11-24-19-10-12-4-3-5-13(18)8-12/h3-10H,11H2,1-2H3,(H,20,21)/b19-10-. The Bertz CT molecular complexity index is 734. The number of ether oxygens (including phenoxy) is 2. The van der Waals surface area contributed by atoms with E-state index in [-0.39, 0.29) is 12.4 Å². The van der Waals surface area contributed by atoms with Gasteiger partial charge in [0, 0.05) is 6.07 Å². The van der Waals surface area contributed by atoms with Crippen molar-refractivity contribution in [3.05, 3.63) is 53.8 Å². The van der Waals surface area contributed by atoms with Crippen molar-refractivity contribution in [1.29, 1.82) is 0 Å². The Morgan fingerprint density at radius 2 is 2.04 bits per heavy atom. The zero-order valence-corrected chi connectivity index (χ0v) is 13.3. The molecule has 0 radical (unpaired) electrons. The maximum atomic E-state index is 13.0. The van der Waals surface area contributed by atoms with Gasteiger partial charge in [0.1, 0.15) is 17.3 Å². The fraction of sp³-hybridized carbons (Fsp3) is 0.176.